The number of amides is 3. The summed E-state index contributed by atoms with van der Waals surface area (Å²) in [6.45, 7) is -0.160. The number of nitrogens with zero attached hydrogens (tertiary/aromatic N) is 2. The number of halogens is 3. The Morgan fingerprint density at radius 2 is 1.71 bits per heavy atom. The first-order chi connectivity index (χ1) is 20.1. The molecule has 3 amide bonds. The molecule has 2 heterocycles. The fraction of sp³-hybridized carbons (Fsp3) is 0.300. The number of benzene rings is 2. The molecule has 0 spiro atoms. The first kappa shape index (κ1) is 30.2. The first-order valence-electron chi connectivity index (χ1n) is 13.3. The number of para-hydroxylation sites is 1. The molecular formula is C30H29F3N4O5. The van der Waals surface area contributed by atoms with Crippen LogP contribution in [0.3, 0.4) is 0 Å². The summed E-state index contributed by atoms with van der Waals surface area (Å²) in [4.78, 5) is 57.4. The van der Waals surface area contributed by atoms with E-state index in [1.54, 1.807) is 54.7 Å². The van der Waals surface area contributed by atoms with Crippen LogP contribution in [0.2, 0.25) is 0 Å². The van der Waals surface area contributed by atoms with Crippen molar-refractivity contribution in [3.8, 4) is 5.75 Å². The van der Waals surface area contributed by atoms with Crippen LogP contribution in [-0.4, -0.2) is 58.4 Å². The van der Waals surface area contributed by atoms with Gasteiger partial charge in [0.05, 0.1) is 6.54 Å². The zero-order chi connectivity index (χ0) is 30.1. The largest absolute Gasteiger partial charge is 0.573 e. The molecular weight excluding hydrogens is 553 g/mol. The molecule has 2 N–H and O–H groups in total. The molecule has 3 aromatic rings. The van der Waals surface area contributed by atoms with Gasteiger partial charge in [-0.2, -0.15) is 0 Å². The van der Waals surface area contributed by atoms with E-state index < -0.39 is 47.7 Å². The third-order valence-corrected chi connectivity index (χ3v) is 6.70. The fourth-order valence-corrected chi connectivity index (χ4v) is 4.67. The van der Waals surface area contributed by atoms with Crippen LogP contribution in [-0.2, 0) is 38.6 Å². The normalized spacial score (nSPS) is 15.6. The maximum absolute atomic E-state index is 13.4. The van der Waals surface area contributed by atoms with E-state index in [9.17, 15) is 32.3 Å². The van der Waals surface area contributed by atoms with Crippen LogP contribution in [0.15, 0.2) is 79.0 Å². The summed E-state index contributed by atoms with van der Waals surface area (Å²) in [5, 5.41) is 5.18. The lowest BCUT2D eigenvalue weighted by Crippen LogP contribution is -2.53. The second-order valence-corrected chi connectivity index (χ2v) is 9.67. The van der Waals surface area contributed by atoms with Crippen molar-refractivity contribution in [3.63, 3.8) is 0 Å². The zero-order valence-electron chi connectivity index (χ0n) is 22.5. The van der Waals surface area contributed by atoms with E-state index in [2.05, 4.69) is 20.4 Å². The Morgan fingerprint density at radius 1 is 1.00 bits per heavy atom. The Morgan fingerprint density at radius 3 is 2.43 bits per heavy atom. The third-order valence-electron chi connectivity index (χ3n) is 6.70. The maximum atomic E-state index is 13.4. The van der Waals surface area contributed by atoms with Crippen molar-refractivity contribution in [1.29, 1.82) is 0 Å². The summed E-state index contributed by atoms with van der Waals surface area (Å²) >= 11 is 0. The highest BCUT2D eigenvalue weighted by molar-refractivity contribution is 6.38. The molecule has 0 bridgehead atoms. The van der Waals surface area contributed by atoms with Crippen molar-refractivity contribution < 1.29 is 37.1 Å². The van der Waals surface area contributed by atoms with E-state index >= 15 is 0 Å². The molecule has 9 nitrogen and oxygen atoms in total. The van der Waals surface area contributed by atoms with Gasteiger partial charge in [-0.25, -0.2) is 0 Å². The third kappa shape index (κ3) is 8.38. The van der Waals surface area contributed by atoms with E-state index in [1.807, 2.05) is 0 Å². The van der Waals surface area contributed by atoms with E-state index in [1.165, 1.54) is 18.2 Å². The lowest BCUT2D eigenvalue weighted by atomic mass is 10.0. The summed E-state index contributed by atoms with van der Waals surface area (Å²) in [5.41, 5.74) is 1.48. The number of pyridine rings is 1. The molecule has 1 fully saturated rings. The van der Waals surface area contributed by atoms with Crippen LogP contribution >= 0.6 is 0 Å². The SMILES string of the molecule is O=C(NCCc1ccccn1)C(=O)C(Cc1ccccc1)NC(=O)C1CCC(=O)N1Cc1ccccc1OC(F)(F)F. The number of rotatable bonds is 12. The molecule has 1 aliphatic rings. The fourth-order valence-electron chi connectivity index (χ4n) is 4.67. The minimum absolute atomic E-state index is 0.00825. The average Bonchev–Trinajstić information content (AvgIpc) is 3.33. The molecule has 0 aliphatic carbocycles. The molecule has 4 rings (SSSR count). The van der Waals surface area contributed by atoms with Gasteiger partial charge in [-0.15, -0.1) is 13.2 Å². The van der Waals surface area contributed by atoms with Crippen LogP contribution in [0.1, 0.15) is 29.7 Å². The molecule has 1 saturated heterocycles. The topological polar surface area (TPSA) is 118 Å². The number of ether oxygens (including phenoxy) is 1. The number of hydrogen-bond donors (Lipinski definition) is 2. The Balaban J connectivity index is 1.47. The zero-order valence-corrected chi connectivity index (χ0v) is 22.5. The average molecular weight is 583 g/mol. The van der Waals surface area contributed by atoms with Gasteiger partial charge >= 0.3 is 6.36 Å². The summed E-state index contributed by atoms with van der Waals surface area (Å²) in [6.07, 6.45) is -2.82. The Labute approximate surface area is 240 Å². The standard InChI is InChI=1S/C30H29F3N4O5/c31-30(32,33)42-25-12-5-4-10-21(25)19-37-24(13-14-26(37)38)28(40)36-23(18-20-8-2-1-3-9-20)27(39)29(41)35-17-15-22-11-6-7-16-34-22/h1-12,16,23-24H,13-15,17-19H2,(H,35,41)(H,36,40). The van der Waals surface area contributed by atoms with Gasteiger partial charge in [-0.05, 0) is 30.2 Å². The van der Waals surface area contributed by atoms with Crippen molar-refractivity contribution in [1.82, 2.24) is 20.5 Å². The highest BCUT2D eigenvalue weighted by Gasteiger charge is 2.39. The number of hydrogen-bond acceptors (Lipinski definition) is 6. The summed E-state index contributed by atoms with van der Waals surface area (Å²) < 4.78 is 42.8. The molecule has 1 aliphatic heterocycles. The number of carbonyl (C=O) groups is 4. The van der Waals surface area contributed by atoms with Crippen LogP contribution in [0, 0.1) is 0 Å². The summed E-state index contributed by atoms with van der Waals surface area (Å²) in [5.74, 6) is -3.36. The van der Waals surface area contributed by atoms with E-state index in [4.69, 9.17) is 0 Å². The van der Waals surface area contributed by atoms with Crippen LogP contribution < -0.4 is 15.4 Å². The van der Waals surface area contributed by atoms with Gasteiger partial charge < -0.3 is 20.3 Å². The number of Topliss-reactive ketones (excluding diaryl/α,β-unsaturated/α-hetero) is 1. The van der Waals surface area contributed by atoms with E-state index in [0.29, 0.717) is 12.0 Å². The number of likely N-dealkylation sites (tertiary alicyclic amines) is 1. The van der Waals surface area contributed by atoms with Gasteiger partial charge in [0.15, 0.2) is 0 Å². The van der Waals surface area contributed by atoms with Gasteiger partial charge in [0, 0.05) is 43.3 Å². The molecule has 42 heavy (non-hydrogen) atoms. The number of nitrogens with one attached hydrogen (secondary N) is 2. The molecule has 0 saturated carbocycles. The lowest BCUT2D eigenvalue weighted by Gasteiger charge is -2.27. The predicted molar refractivity (Wildman–Crippen MR) is 145 cm³/mol. The van der Waals surface area contributed by atoms with Crippen molar-refractivity contribution in [2.75, 3.05) is 6.54 Å². The van der Waals surface area contributed by atoms with Crippen LogP contribution in [0.5, 0.6) is 5.75 Å². The van der Waals surface area contributed by atoms with Gasteiger partial charge in [0.25, 0.3) is 5.91 Å². The molecule has 1 aromatic heterocycles. The van der Waals surface area contributed by atoms with Crippen molar-refractivity contribution in [3.05, 3.63) is 95.8 Å². The number of aromatic nitrogens is 1. The van der Waals surface area contributed by atoms with Crippen molar-refractivity contribution in [2.24, 2.45) is 0 Å². The van der Waals surface area contributed by atoms with Crippen molar-refractivity contribution >= 4 is 23.5 Å². The van der Waals surface area contributed by atoms with Gasteiger partial charge in [0.1, 0.15) is 17.8 Å². The minimum Gasteiger partial charge on any atom is -0.405 e. The highest BCUT2D eigenvalue weighted by Crippen LogP contribution is 2.30. The predicted octanol–water partition coefficient (Wildman–Crippen LogP) is 3.13. The molecule has 2 atom stereocenters. The highest BCUT2D eigenvalue weighted by atomic mass is 19.4. The number of alkyl halides is 3. The second-order valence-electron chi connectivity index (χ2n) is 9.67. The minimum atomic E-state index is -4.94. The summed E-state index contributed by atoms with van der Waals surface area (Å²) in [6, 6.07) is 17.2. The molecule has 2 aromatic carbocycles. The quantitative estimate of drug-likeness (QED) is 0.317. The first-order valence-corrected chi connectivity index (χ1v) is 13.3. The molecule has 2 unspecified atom stereocenters. The summed E-state index contributed by atoms with van der Waals surface area (Å²) in [7, 11) is 0. The Bertz CT molecular complexity index is 1400. The van der Waals surface area contributed by atoms with Gasteiger partial charge in [0.2, 0.25) is 17.6 Å². The number of carbonyl (C=O) groups excluding carboxylic acids is 4. The van der Waals surface area contributed by atoms with E-state index in [-0.39, 0.29) is 37.9 Å². The lowest BCUT2D eigenvalue weighted by molar-refractivity contribution is -0.275. The monoisotopic (exact) mass is 582 g/mol. The van der Waals surface area contributed by atoms with Crippen molar-refractivity contribution in [2.45, 2.75) is 50.7 Å². The maximum Gasteiger partial charge on any atom is 0.573 e. The van der Waals surface area contributed by atoms with Crippen LogP contribution in [0.25, 0.3) is 0 Å². The van der Waals surface area contributed by atoms with Gasteiger partial charge in [-0.1, -0.05) is 54.6 Å². The van der Waals surface area contributed by atoms with Gasteiger partial charge in [-0.3, -0.25) is 24.2 Å². The van der Waals surface area contributed by atoms with Crippen LogP contribution in [0.4, 0.5) is 13.2 Å². The number of ketones is 1. The Hall–Kier alpha value is -4.74. The smallest absolute Gasteiger partial charge is 0.405 e. The van der Waals surface area contributed by atoms with E-state index in [0.717, 1.165) is 16.7 Å². The molecule has 0 radical (unpaired) electrons. The molecule has 220 valence electrons. The Kier molecular flexibility index (Phi) is 9.89. The second kappa shape index (κ2) is 13.7. The molecule has 12 heteroatoms.